The molecule has 2 unspecified atom stereocenters. The van der Waals surface area contributed by atoms with Crippen LogP contribution in [0.2, 0.25) is 0 Å². The maximum Gasteiger partial charge on any atom is 0.312 e. The van der Waals surface area contributed by atoms with Crippen molar-refractivity contribution in [3.63, 3.8) is 0 Å². The van der Waals surface area contributed by atoms with Gasteiger partial charge in [0.15, 0.2) is 11.1 Å². The lowest BCUT2D eigenvalue weighted by Crippen LogP contribution is -2.51. The van der Waals surface area contributed by atoms with Crippen LogP contribution >= 0.6 is 0 Å². The molecule has 5 nitrogen and oxygen atoms in total. The second kappa shape index (κ2) is 13.8. The third-order valence-corrected chi connectivity index (χ3v) is 5.08. The summed E-state index contributed by atoms with van der Waals surface area (Å²) in [6.45, 7) is 4.02. The summed E-state index contributed by atoms with van der Waals surface area (Å²) >= 11 is -1.94. The van der Waals surface area contributed by atoms with Crippen molar-refractivity contribution in [3.05, 3.63) is 0 Å². The van der Waals surface area contributed by atoms with Crippen LogP contribution in [0.4, 0.5) is 4.79 Å². The van der Waals surface area contributed by atoms with Gasteiger partial charge in [-0.15, -0.1) is 0 Å². The van der Waals surface area contributed by atoms with Gasteiger partial charge in [-0.05, 0) is 13.3 Å². The van der Waals surface area contributed by atoms with Crippen LogP contribution in [0.25, 0.3) is 0 Å². The fourth-order valence-electron chi connectivity index (χ4n) is 2.92. The molecular weight excluding hydrogens is 312 g/mol. The molecule has 0 saturated carbocycles. The van der Waals surface area contributed by atoms with Gasteiger partial charge >= 0.3 is 6.03 Å². The minimum Gasteiger partial charge on any atom is -0.352 e. The van der Waals surface area contributed by atoms with Crippen LogP contribution in [0.15, 0.2) is 0 Å². The number of carbonyl (C=O) groups is 1. The lowest BCUT2D eigenvalue weighted by Gasteiger charge is -2.28. The van der Waals surface area contributed by atoms with Crippen molar-refractivity contribution >= 4 is 17.1 Å². The third kappa shape index (κ3) is 14.7. The van der Waals surface area contributed by atoms with Gasteiger partial charge in [0, 0.05) is 0 Å². The minimum atomic E-state index is -1.94. The molecule has 0 rings (SSSR count). The van der Waals surface area contributed by atoms with E-state index in [1.54, 1.807) is 6.92 Å². The molecule has 0 aromatic carbocycles. The van der Waals surface area contributed by atoms with Crippen molar-refractivity contribution in [2.24, 2.45) is 5.73 Å². The van der Waals surface area contributed by atoms with Crippen LogP contribution in [-0.2, 0) is 11.1 Å². The van der Waals surface area contributed by atoms with Crippen LogP contribution in [0.3, 0.4) is 0 Å². The Labute approximate surface area is 144 Å². The molecule has 138 valence electrons. The van der Waals surface area contributed by atoms with Crippen LogP contribution in [-0.4, -0.2) is 26.1 Å². The lowest BCUT2D eigenvalue weighted by atomic mass is 9.95. The highest BCUT2D eigenvalue weighted by molar-refractivity contribution is 7.79. The monoisotopic (exact) mass is 348 g/mol. The summed E-state index contributed by atoms with van der Waals surface area (Å²) in [6.07, 6.45) is 14.5. The quantitative estimate of drug-likeness (QED) is 0.304. The van der Waals surface area contributed by atoms with Gasteiger partial charge in [0.05, 0.1) is 11.3 Å². The summed E-state index contributed by atoms with van der Waals surface area (Å²) in [5.74, 6) is 0.0215. The Kier molecular flexibility index (Phi) is 13.4. The Balaban J connectivity index is 3.66. The molecule has 0 radical (unpaired) electrons. The standard InChI is InChI=1S/C17H36N2O3S/c1-3-4-5-6-7-8-9-10-11-12-13-14-17(2,15-23(21)22)19-16(18)20/h3-15H2,1-2H3,(H,21,22)(H3,18,19,20). The molecule has 2 amide bonds. The summed E-state index contributed by atoms with van der Waals surface area (Å²) in [5, 5.41) is 2.61. The van der Waals surface area contributed by atoms with Crippen molar-refractivity contribution in [1.82, 2.24) is 5.32 Å². The van der Waals surface area contributed by atoms with Gasteiger partial charge in [0.1, 0.15) is 0 Å². The van der Waals surface area contributed by atoms with E-state index in [-0.39, 0.29) is 5.75 Å². The zero-order valence-electron chi connectivity index (χ0n) is 14.9. The summed E-state index contributed by atoms with van der Waals surface area (Å²) < 4.78 is 20.1. The molecule has 0 bridgehead atoms. The summed E-state index contributed by atoms with van der Waals surface area (Å²) in [4.78, 5) is 11.0. The number of amides is 2. The fourth-order valence-corrected chi connectivity index (χ4v) is 3.68. The Hall–Kier alpha value is -0.620. The molecule has 0 saturated heterocycles. The zero-order valence-corrected chi connectivity index (χ0v) is 15.8. The molecule has 4 N–H and O–H groups in total. The van der Waals surface area contributed by atoms with E-state index in [0.717, 1.165) is 12.8 Å². The molecule has 6 heteroatoms. The predicted molar refractivity (Wildman–Crippen MR) is 97.8 cm³/mol. The number of hydrogen-bond donors (Lipinski definition) is 3. The maximum atomic E-state index is 11.0. The van der Waals surface area contributed by atoms with Gasteiger partial charge in [-0.1, -0.05) is 77.6 Å². The highest BCUT2D eigenvalue weighted by atomic mass is 32.2. The highest BCUT2D eigenvalue weighted by Gasteiger charge is 2.27. The molecule has 0 aliphatic heterocycles. The first-order chi connectivity index (χ1) is 10.9. The Morgan fingerprint density at radius 1 is 1.00 bits per heavy atom. The average molecular weight is 349 g/mol. The van der Waals surface area contributed by atoms with Crippen molar-refractivity contribution < 1.29 is 13.6 Å². The average Bonchev–Trinajstić information content (AvgIpc) is 2.43. The number of nitrogens with one attached hydrogen (secondary N) is 1. The van der Waals surface area contributed by atoms with E-state index in [1.807, 2.05) is 0 Å². The summed E-state index contributed by atoms with van der Waals surface area (Å²) in [6, 6.07) is -0.638. The van der Waals surface area contributed by atoms with E-state index in [2.05, 4.69) is 12.2 Å². The maximum absolute atomic E-state index is 11.0. The lowest BCUT2D eigenvalue weighted by molar-refractivity contribution is 0.235. The normalized spacial score (nSPS) is 15.1. The Morgan fingerprint density at radius 3 is 1.83 bits per heavy atom. The van der Waals surface area contributed by atoms with Crippen molar-refractivity contribution in [3.8, 4) is 0 Å². The van der Waals surface area contributed by atoms with Crippen molar-refractivity contribution in [1.29, 1.82) is 0 Å². The van der Waals surface area contributed by atoms with Crippen molar-refractivity contribution in [2.75, 3.05) is 5.75 Å². The first-order valence-corrected chi connectivity index (χ1v) is 10.3. The van der Waals surface area contributed by atoms with Gasteiger partial charge in [-0.25, -0.2) is 9.00 Å². The number of nitrogens with two attached hydrogens (primary N) is 1. The van der Waals surface area contributed by atoms with Gasteiger partial charge < -0.3 is 15.6 Å². The zero-order chi connectivity index (χ0) is 17.6. The van der Waals surface area contributed by atoms with Gasteiger partial charge in [0.2, 0.25) is 0 Å². The fraction of sp³-hybridized carbons (Fsp3) is 0.941. The molecule has 0 fully saturated rings. The number of urea groups is 1. The Bertz CT molecular complexity index is 322. The van der Waals surface area contributed by atoms with Crippen LogP contribution in [0.5, 0.6) is 0 Å². The number of primary amides is 1. The topological polar surface area (TPSA) is 92.4 Å². The molecule has 0 aromatic rings. The highest BCUT2D eigenvalue weighted by Crippen LogP contribution is 2.18. The number of carbonyl (C=O) groups excluding carboxylic acids is 1. The molecule has 0 aliphatic carbocycles. The molecule has 23 heavy (non-hydrogen) atoms. The second-order valence-electron chi connectivity index (χ2n) is 6.80. The van der Waals surface area contributed by atoms with Crippen LogP contribution in [0.1, 0.15) is 90.9 Å². The smallest absolute Gasteiger partial charge is 0.312 e. The summed E-state index contributed by atoms with van der Waals surface area (Å²) in [5.41, 5.74) is 4.46. The largest absolute Gasteiger partial charge is 0.352 e. The predicted octanol–water partition coefficient (Wildman–Crippen LogP) is 4.34. The van der Waals surface area contributed by atoms with Crippen LogP contribution < -0.4 is 11.1 Å². The van der Waals surface area contributed by atoms with E-state index in [4.69, 9.17) is 10.3 Å². The minimum absolute atomic E-state index is 0.0215. The van der Waals surface area contributed by atoms with E-state index in [0.29, 0.717) is 6.42 Å². The molecular formula is C17H36N2O3S. The Morgan fingerprint density at radius 2 is 1.43 bits per heavy atom. The van der Waals surface area contributed by atoms with Gasteiger partial charge in [-0.2, -0.15) is 0 Å². The molecule has 0 aliphatic rings. The van der Waals surface area contributed by atoms with E-state index in [1.165, 1.54) is 57.8 Å². The van der Waals surface area contributed by atoms with Gasteiger partial charge in [-0.3, -0.25) is 0 Å². The van der Waals surface area contributed by atoms with Gasteiger partial charge in [0.25, 0.3) is 0 Å². The van der Waals surface area contributed by atoms with E-state index < -0.39 is 22.7 Å². The first kappa shape index (κ1) is 22.4. The molecule has 2 atom stereocenters. The number of unbranched alkanes of at least 4 members (excludes halogenated alkanes) is 10. The summed E-state index contributed by atoms with van der Waals surface area (Å²) in [7, 11) is 0. The SMILES string of the molecule is CCCCCCCCCCCCCC(C)(CS(=O)O)NC(N)=O. The molecule has 0 heterocycles. The van der Waals surface area contributed by atoms with E-state index >= 15 is 0 Å². The molecule has 0 aromatic heterocycles. The first-order valence-electron chi connectivity index (χ1n) is 9.04. The van der Waals surface area contributed by atoms with Crippen LogP contribution in [0, 0.1) is 0 Å². The molecule has 0 spiro atoms. The second-order valence-corrected chi connectivity index (χ2v) is 7.73. The third-order valence-electron chi connectivity index (χ3n) is 4.20. The number of hydrogen-bond acceptors (Lipinski definition) is 2. The number of rotatable bonds is 15. The van der Waals surface area contributed by atoms with E-state index in [9.17, 15) is 9.00 Å². The van der Waals surface area contributed by atoms with Crippen molar-refractivity contribution in [2.45, 2.75) is 96.4 Å².